The van der Waals surface area contributed by atoms with Gasteiger partial charge in [0.25, 0.3) is 0 Å². The molecule has 0 aromatic heterocycles. The minimum absolute atomic E-state index is 0.0192. The van der Waals surface area contributed by atoms with Crippen LogP contribution in [0.2, 0.25) is 0 Å². The molecule has 25 heavy (non-hydrogen) atoms. The lowest BCUT2D eigenvalue weighted by molar-refractivity contribution is -0.158. The maximum atomic E-state index is 11.9. The summed E-state index contributed by atoms with van der Waals surface area (Å²) in [6.07, 6.45) is 7.69. The van der Waals surface area contributed by atoms with E-state index in [-0.39, 0.29) is 28.7 Å². The van der Waals surface area contributed by atoms with Gasteiger partial charge in [0, 0.05) is 18.8 Å². The average Bonchev–Trinajstić information content (AvgIpc) is 2.86. The molecule has 4 heteroatoms. The predicted molar refractivity (Wildman–Crippen MR) is 93.7 cm³/mol. The molecule has 0 heterocycles. The van der Waals surface area contributed by atoms with Crippen molar-refractivity contribution in [3.63, 3.8) is 0 Å². The number of ether oxygens (including phenoxy) is 1. The molecule has 3 saturated carbocycles. The number of carbonyl (C=O) groups excluding carboxylic acids is 2. The van der Waals surface area contributed by atoms with Crippen molar-refractivity contribution in [3.8, 4) is 0 Å². The molecule has 138 valence electrons. The van der Waals surface area contributed by atoms with Crippen molar-refractivity contribution in [2.75, 3.05) is 0 Å². The molecule has 1 N–H and O–H groups in total. The van der Waals surface area contributed by atoms with Gasteiger partial charge in [0.2, 0.25) is 0 Å². The zero-order valence-corrected chi connectivity index (χ0v) is 15.6. The summed E-state index contributed by atoms with van der Waals surface area (Å²) < 4.78 is 5.68. The first kappa shape index (κ1) is 17.3. The quantitative estimate of drug-likeness (QED) is 0.739. The fourth-order valence-electron chi connectivity index (χ4n) is 6.95. The van der Waals surface area contributed by atoms with Crippen LogP contribution in [-0.2, 0) is 14.3 Å². The number of ketones is 1. The number of fused-ring (bicyclic) bond motifs is 5. The van der Waals surface area contributed by atoms with Gasteiger partial charge < -0.3 is 9.84 Å². The summed E-state index contributed by atoms with van der Waals surface area (Å²) in [4.78, 5) is 23.4. The second kappa shape index (κ2) is 5.67. The number of esters is 1. The van der Waals surface area contributed by atoms with Gasteiger partial charge in [0.05, 0.1) is 6.10 Å². The Morgan fingerprint density at radius 3 is 2.68 bits per heavy atom. The third kappa shape index (κ3) is 2.43. The monoisotopic (exact) mass is 346 g/mol. The Labute approximate surface area is 150 Å². The van der Waals surface area contributed by atoms with E-state index < -0.39 is 6.10 Å². The van der Waals surface area contributed by atoms with Crippen LogP contribution in [0.15, 0.2) is 11.6 Å². The molecule has 3 fully saturated rings. The van der Waals surface area contributed by atoms with Crippen LogP contribution in [0.25, 0.3) is 0 Å². The summed E-state index contributed by atoms with van der Waals surface area (Å²) in [7, 11) is 0. The molecule has 4 nitrogen and oxygen atoms in total. The molecule has 0 radical (unpaired) electrons. The van der Waals surface area contributed by atoms with E-state index in [0.717, 1.165) is 44.1 Å². The lowest BCUT2D eigenvalue weighted by Crippen LogP contribution is -2.54. The van der Waals surface area contributed by atoms with E-state index in [1.807, 2.05) is 0 Å². The summed E-state index contributed by atoms with van der Waals surface area (Å²) in [6, 6.07) is 0. The van der Waals surface area contributed by atoms with Crippen molar-refractivity contribution in [2.45, 2.75) is 77.9 Å². The number of hydrogen-bond acceptors (Lipinski definition) is 4. The van der Waals surface area contributed by atoms with Crippen LogP contribution in [0, 0.1) is 28.6 Å². The van der Waals surface area contributed by atoms with Gasteiger partial charge in [-0.15, -0.1) is 0 Å². The summed E-state index contributed by atoms with van der Waals surface area (Å²) in [6.45, 7) is 6.06. The Kier molecular flexibility index (Phi) is 3.91. The summed E-state index contributed by atoms with van der Waals surface area (Å²) in [5.74, 6) is 1.48. The maximum Gasteiger partial charge on any atom is 0.302 e. The maximum absolute atomic E-state index is 11.9. The van der Waals surface area contributed by atoms with Crippen molar-refractivity contribution in [2.24, 2.45) is 28.6 Å². The number of carbonyl (C=O) groups is 2. The Morgan fingerprint density at radius 1 is 1.20 bits per heavy atom. The third-order valence-electron chi connectivity index (χ3n) is 8.20. The molecule has 4 rings (SSSR count). The first-order chi connectivity index (χ1) is 11.8. The highest BCUT2D eigenvalue weighted by atomic mass is 16.5. The molecule has 0 aromatic carbocycles. The number of hydrogen-bond donors (Lipinski definition) is 1. The number of aliphatic hydroxyl groups excluding tert-OH is 1. The van der Waals surface area contributed by atoms with Gasteiger partial charge in [0.1, 0.15) is 6.10 Å². The molecule has 0 spiro atoms. The van der Waals surface area contributed by atoms with Gasteiger partial charge in [-0.2, -0.15) is 0 Å². The minimum Gasteiger partial charge on any atom is -0.462 e. The lowest BCUT2D eigenvalue weighted by Gasteiger charge is -2.58. The molecule has 7 atom stereocenters. The van der Waals surface area contributed by atoms with Crippen LogP contribution >= 0.6 is 0 Å². The molecule has 0 aromatic rings. The third-order valence-corrected chi connectivity index (χ3v) is 8.20. The van der Waals surface area contributed by atoms with E-state index >= 15 is 0 Å². The fraction of sp³-hybridized carbons (Fsp3) is 0.810. The van der Waals surface area contributed by atoms with Gasteiger partial charge in [0.15, 0.2) is 5.78 Å². The van der Waals surface area contributed by atoms with Gasteiger partial charge in [-0.3, -0.25) is 9.59 Å². The molecule has 0 amide bonds. The van der Waals surface area contributed by atoms with Crippen LogP contribution in [0.5, 0.6) is 0 Å². The van der Waals surface area contributed by atoms with Crippen molar-refractivity contribution in [1.29, 1.82) is 0 Å². The van der Waals surface area contributed by atoms with Crippen molar-refractivity contribution in [1.82, 2.24) is 0 Å². The first-order valence-corrected chi connectivity index (χ1v) is 9.86. The number of rotatable bonds is 1. The van der Waals surface area contributed by atoms with E-state index in [2.05, 4.69) is 13.8 Å². The Bertz CT molecular complexity index is 638. The molecular formula is C21H30O4. The van der Waals surface area contributed by atoms with Crippen LogP contribution < -0.4 is 0 Å². The van der Waals surface area contributed by atoms with E-state index in [9.17, 15) is 14.7 Å². The van der Waals surface area contributed by atoms with E-state index in [1.165, 1.54) is 6.92 Å². The van der Waals surface area contributed by atoms with Gasteiger partial charge in [-0.25, -0.2) is 0 Å². The minimum atomic E-state index is -0.495. The largest absolute Gasteiger partial charge is 0.462 e. The van der Waals surface area contributed by atoms with Crippen LogP contribution in [0.4, 0.5) is 0 Å². The normalized spacial score (nSPS) is 48.9. The average molecular weight is 346 g/mol. The molecule has 4 aliphatic carbocycles. The summed E-state index contributed by atoms with van der Waals surface area (Å²) in [5, 5.41) is 10.8. The topological polar surface area (TPSA) is 63.6 Å². The lowest BCUT2D eigenvalue weighted by atomic mass is 9.47. The van der Waals surface area contributed by atoms with Crippen LogP contribution in [0.1, 0.15) is 65.7 Å². The van der Waals surface area contributed by atoms with Gasteiger partial charge in [-0.1, -0.05) is 13.8 Å². The molecule has 4 aliphatic rings. The molecule has 0 bridgehead atoms. The van der Waals surface area contributed by atoms with E-state index in [0.29, 0.717) is 24.2 Å². The van der Waals surface area contributed by atoms with E-state index in [1.54, 1.807) is 6.08 Å². The van der Waals surface area contributed by atoms with Gasteiger partial charge in [-0.05, 0) is 73.3 Å². The predicted octanol–water partition coefficient (Wildman–Crippen LogP) is 3.42. The van der Waals surface area contributed by atoms with Crippen LogP contribution in [0.3, 0.4) is 0 Å². The highest BCUT2D eigenvalue weighted by molar-refractivity contribution is 5.91. The van der Waals surface area contributed by atoms with Crippen molar-refractivity contribution < 1.29 is 19.4 Å². The first-order valence-electron chi connectivity index (χ1n) is 9.86. The smallest absolute Gasteiger partial charge is 0.302 e. The fourth-order valence-corrected chi connectivity index (χ4v) is 6.95. The van der Waals surface area contributed by atoms with Crippen LogP contribution in [-0.4, -0.2) is 29.1 Å². The highest BCUT2D eigenvalue weighted by Crippen LogP contribution is 2.65. The summed E-state index contributed by atoms with van der Waals surface area (Å²) >= 11 is 0. The zero-order chi connectivity index (χ0) is 18.0. The molecular weight excluding hydrogens is 316 g/mol. The van der Waals surface area contributed by atoms with Crippen molar-refractivity contribution >= 4 is 11.8 Å². The van der Waals surface area contributed by atoms with Crippen molar-refractivity contribution in [3.05, 3.63) is 11.6 Å². The SMILES string of the molecule is CC(=O)OC1CCC2C3C[C@@H](O)C4=CC(=O)CC[C@]4(C)C3CC[C@]12C. The zero-order valence-electron chi connectivity index (χ0n) is 15.6. The number of aliphatic hydroxyl groups is 1. The molecule has 4 unspecified atom stereocenters. The van der Waals surface area contributed by atoms with Gasteiger partial charge >= 0.3 is 5.97 Å². The summed E-state index contributed by atoms with van der Waals surface area (Å²) in [5.41, 5.74) is 0.981. The second-order valence-corrected chi connectivity index (χ2v) is 9.33. The van der Waals surface area contributed by atoms with E-state index in [4.69, 9.17) is 4.74 Å². The molecule has 0 aliphatic heterocycles. The molecule has 0 saturated heterocycles. The Hall–Kier alpha value is -1.16. The standard InChI is InChI=1S/C21H30O4/c1-12(22)25-19-5-4-15-14-11-18(24)17-10-13(23)6-8-20(17,2)16(14)7-9-21(15,19)3/h10,14-16,18-19,24H,4-9,11H2,1-3H3/t14?,15?,16?,18-,19?,20-,21+/m1/s1. The highest BCUT2D eigenvalue weighted by Gasteiger charge is 2.61. The Balaban J connectivity index is 1.66. The second-order valence-electron chi connectivity index (χ2n) is 9.33. The Morgan fingerprint density at radius 2 is 1.96 bits per heavy atom.